The van der Waals surface area contributed by atoms with Crippen molar-refractivity contribution in [3.63, 3.8) is 0 Å². The van der Waals surface area contributed by atoms with Gasteiger partial charge in [-0.2, -0.15) is 0 Å². The lowest BCUT2D eigenvalue weighted by Gasteiger charge is -2.29. The van der Waals surface area contributed by atoms with E-state index in [0.29, 0.717) is 29.8 Å². The van der Waals surface area contributed by atoms with Crippen molar-refractivity contribution in [3.8, 4) is 16.9 Å². The van der Waals surface area contributed by atoms with E-state index in [2.05, 4.69) is 25.1 Å². The predicted octanol–water partition coefficient (Wildman–Crippen LogP) is 4.32. The summed E-state index contributed by atoms with van der Waals surface area (Å²) in [4.78, 5) is 10.8. The number of benzene rings is 1. The van der Waals surface area contributed by atoms with E-state index >= 15 is 0 Å². The van der Waals surface area contributed by atoms with Crippen LogP contribution in [0.2, 0.25) is 5.02 Å². The molecule has 3 aromatic heterocycles. The highest BCUT2D eigenvalue weighted by molar-refractivity contribution is 6.36. The molecule has 150 valence electrons. The summed E-state index contributed by atoms with van der Waals surface area (Å²) in [6, 6.07) is 9.93. The van der Waals surface area contributed by atoms with E-state index < -0.39 is 0 Å². The Morgan fingerprint density at radius 2 is 1.97 bits per heavy atom. The second-order valence-electron chi connectivity index (χ2n) is 7.73. The summed E-state index contributed by atoms with van der Waals surface area (Å²) in [5.74, 6) is 3.18. The molecule has 0 spiro atoms. The van der Waals surface area contributed by atoms with E-state index in [1.807, 2.05) is 40.9 Å². The number of hydrogen-bond acceptors (Lipinski definition) is 6. The molecule has 1 saturated carbocycles. The third-order valence-corrected chi connectivity index (χ3v) is 6.06. The Labute approximate surface area is 178 Å². The lowest BCUT2D eigenvalue weighted by Crippen LogP contribution is -2.29. The lowest BCUT2D eigenvalue weighted by molar-refractivity contribution is 0.313. The summed E-state index contributed by atoms with van der Waals surface area (Å²) in [5.41, 5.74) is 3.53. The fraction of sp³-hybridized carbons (Fsp3) is 0.273. The number of nitrogens with zero attached hydrogens (tertiary/aromatic N) is 6. The number of ether oxygens (including phenoxy) is 1. The van der Waals surface area contributed by atoms with Crippen molar-refractivity contribution < 1.29 is 4.74 Å². The first kappa shape index (κ1) is 17.7. The standard InChI is InChI=1S/C22H19ClN6O/c23-20-16(6-9-29-19(12-14-2-3-14)26-27-21(20)29)15-4-5-17-18(13-15)30-11-10-28(17)22-24-7-1-8-25-22/h1,4-9,13-14H,2-3,10-12H2. The summed E-state index contributed by atoms with van der Waals surface area (Å²) in [6.07, 6.45) is 9.02. The van der Waals surface area contributed by atoms with Gasteiger partial charge in [0.1, 0.15) is 18.2 Å². The fourth-order valence-corrected chi connectivity index (χ4v) is 4.24. The van der Waals surface area contributed by atoms with Crippen molar-refractivity contribution in [2.24, 2.45) is 5.92 Å². The molecule has 1 fully saturated rings. The molecule has 0 amide bonds. The highest BCUT2D eigenvalue weighted by Gasteiger charge is 2.25. The van der Waals surface area contributed by atoms with Gasteiger partial charge in [0.15, 0.2) is 5.65 Å². The van der Waals surface area contributed by atoms with Crippen molar-refractivity contribution in [1.29, 1.82) is 0 Å². The summed E-state index contributed by atoms with van der Waals surface area (Å²) in [6.45, 7) is 1.27. The first-order chi connectivity index (χ1) is 14.8. The summed E-state index contributed by atoms with van der Waals surface area (Å²) in [5, 5.41) is 9.32. The Balaban J connectivity index is 1.38. The van der Waals surface area contributed by atoms with Crippen molar-refractivity contribution in [2.75, 3.05) is 18.1 Å². The summed E-state index contributed by atoms with van der Waals surface area (Å²) < 4.78 is 7.95. The van der Waals surface area contributed by atoms with Crippen LogP contribution in [-0.4, -0.2) is 37.7 Å². The van der Waals surface area contributed by atoms with Crippen LogP contribution in [0.1, 0.15) is 18.7 Å². The minimum absolute atomic E-state index is 0.566. The highest BCUT2D eigenvalue weighted by Crippen LogP contribution is 2.40. The molecule has 4 aromatic rings. The Hall–Kier alpha value is -3.19. The first-order valence-corrected chi connectivity index (χ1v) is 10.5. The number of fused-ring (bicyclic) bond motifs is 2. The fourth-order valence-electron chi connectivity index (χ4n) is 3.94. The average molecular weight is 419 g/mol. The maximum atomic E-state index is 6.75. The van der Waals surface area contributed by atoms with Crippen LogP contribution in [0.5, 0.6) is 5.75 Å². The number of pyridine rings is 1. The molecule has 1 aliphatic heterocycles. The molecule has 6 rings (SSSR count). The second kappa shape index (κ2) is 6.95. The molecule has 7 nitrogen and oxygen atoms in total. The van der Waals surface area contributed by atoms with Gasteiger partial charge in [0.05, 0.1) is 17.3 Å². The molecule has 4 heterocycles. The first-order valence-electron chi connectivity index (χ1n) is 10.1. The van der Waals surface area contributed by atoms with E-state index in [1.165, 1.54) is 12.8 Å². The van der Waals surface area contributed by atoms with Crippen LogP contribution < -0.4 is 9.64 Å². The molecular formula is C22H19ClN6O. The second-order valence-corrected chi connectivity index (χ2v) is 8.11. The Kier molecular flexibility index (Phi) is 4.09. The summed E-state index contributed by atoms with van der Waals surface area (Å²) >= 11 is 6.75. The molecule has 2 aliphatic rings. The van der Waals surface area contributed by atoms with E-state index in [0.717, 1.165) is 40.7 Å². The molecule has 8 heteroatoms. The van der Waals surface area contributed by atoms with E-state index in [-0.39, 0.29) is 0 Å². The Bertz CT molecular complexity index is 1240. The van der Waals surface area contributed by atoms with Crippen molar-refractivity contribution in [3.05, 3.63) is 59.8 Å². The topological polar surface area (TPSA) is 68.4 Å². The van der Waals surface area contributed by atoms with Crippen molar-refractivity contribution in [1.82, 2.24) is 24.6 Å². The molecule has 30 heavy (non-hydrogen) atoms. The third kappa shape index (κ3) is 2.97. The van der Waals surface area contributed by atoms with Crippen LogP contribution in [-0.2, 0) is 6.42 Å². The predicted molar refractivity (Wildman–Crippen MR) is 114 cm³/mol. The maximum absolute atomic E-state index is 6.75. The van der Waals surface area contributed by atoms with Gasteiger partial charge >= 0.3 is 0 Å². The van der Waals surface area contributed by atoms with Gasteiger partial charge in [-0.1, -0.05) is 17.7 Å². The number of anilines is 2. The van der Waals surface area contributed by atoms with Crippen LogP contribution in [0.15, 0.2) is 48.9 Å². The van der Waals surface area contributed by atoms with Gasteiger partial charge < -0.3 is 9.64 Å². The van der Waals surface area contributed by atoms with Crippen LogP contribution in [0.4, 0.5) is 11.6 Å². The normalized spacial score (nSPS) is 15.8. The van der Waals surface area contributed by atoms with Crippen molar-refractivity contribution >= 4 is 28.9 Å². The van der Waals surface area contributed by atoms with Crippen LogP contribution in [0.3, 0.4) is 0 Å². The number of rotatable bonds is 4. The van der Waals surface area contributed by atoms with Gasteiger partial charge in [-0.05, 0) is 48.6 Å². The number of halogens is 1. The quantitative estimate of drug-likeness (QED) is 0.491. The summed E-state index contributed by atoms with van der Waals surface area (Å²) in [7, 11) is 0. The van der Waals surface area contributed by atoms with Gasteiger partial charge in [-0.25, -0.2) is 9.97 Å². The minimum atomic E-state index is 0.566. The largest absolute Gasteiger partial charge is 0.490 e. The van der Waals surface area contributed by atoms with Crippen LogP contribution >= 0.6 is 11.6 Å². The average Bonchev–Trinajstić information content (AvgIpc) is 3.52. The van der Waals surface area contributed by atoms with Crippen LogP contribution in [0.25, 0.3) is 16.8 Å². The van der Waals surface area contributed by atoms with Gasteiger partial charge in [-0.15, -0.1) is 10.2 Å². The Morgan fingerprint density at radius 1 is 1.10 bits per heavy atom. The SMILES string of the molecule is Clc1c(-c2ccc3c(c2)OCCN3c2ncccn2)ccn2c(CC3CC3)nnc12. The molecule has 0 saturated heterocycles. The van der Waals surface area contributed by atoms with Crippen molar-refractivity contribution in [2.45, 2.75) is 19.3 Å². The van der Waals surface area contributed by atoms with Crippen LogP contribution in [0, 0.1) is 5.92 Å². The monoisotopic (exact) mass is 418 g/mol. The lowest BCUT2D eigenvalue weighted by atomic mass is 10.0. The molecule has 0 bridgehead atoms. The maximum Gasteiger partial charge on any atom is 0.230 e. The Morgan fingerprint density at radius 3 is 2.80 bits per heavy atom. The third-order valence-electron chi connectivity index (χ3n) is 5.69. The van der Waals surface area contributed by atoms with E-state index in [4.69, 9.17) is 16.3 Å². The van der Waals surface area contributed by atoms with E-state index in [1.54, 1.807) is 12.4 Å². The molecule has 0 radical (unpaired) electrons. The van der Waals surface area contributed by atoms with Gasteiger partial charge in [-0.3, -0.25) is 4.40 Å². The number of hydrogen-bond donors (Lipinski definition) is 0. The molecular weight excluding hydrogens is 400 g/mol. The molecule has 0 N–H and O–H groups in total. The molecule has 1 aliphatic carbocycles. The molecule has 0 atom stereocenters. The number of aromatic nitrogens is 5. The zero-order valence-corrected chi connectivity index (χ0v) is 17.0. The van der Waals surface area contributed by atoms with Gasteiger partial charge in [0.25, 0.3) is 0 Å². The molecule has 0 unspecified atom stereocenters. The minimum Gasteiger partial charge on any atom is -0.490 e. The van der Waals surface area contributed by atoms with Gasteiger partial charge in [0, 0.05) is 30.6 Å². The molecule has 1 aromatic carbocycles. The zero-order valence-electron chi connectivity index (χ0n) is 16.2. The smallest absolute Gasteiger partial charge is 0.230 e. The van der Waals surface area contributed by atoms with E-state index in [9.17, 15) is 0 Å². The van der Waals surface area contributed by atoms with Gasteiger partial charge in [0.2, 0.25) is 5.95 Å². The zero-order chi connectivity index (χ0) is 20.1. The highest BCUT2D eigenvalue weighted by atomic mass is 35.5.